The van der Waals surface area contributed by atoms with Gasteiger partial charge in [-0.15, -0.1) is 11.3 Å². The molecular formula is C29H33BrN2O5S. The number of thiophene rings is 1. The van der Waals surface area contributed by atoms with E-state index in [9.17, 15) is 9.59 Å². The molecule has 2 amide bonds. The first-order valence-electron chi connectivity index (χ1n) is 12.6. The molecule has 1 saturated heterocycles. The van der Waals surface area contributed by atoms with Crippen LogP contribution in [0, 0.1) is 0 Å². The molecule has 0 N–H and O–H groups in total. The highest BCUT2D eigenvalue weighted by Gasteiger charge is 2.27. The van der Waals surface area contributed by atoms with E-state index in [4.69, 9.17) is 14.2 Å². The second kappa shape index (κ2) is 13.8. The Labute approximate surface area is 236 Å². The van der Waals surface area contributed by atoms with E-state index in [2.05, 4.69) is 15.9 Å². The fraction of sp³-hybridized carbons (Fsp3) is 0.379. The average Bonchev–Trinajstić information content (AvgIpc) is 3.64. The highest BCUT2D eigenvalue weighted by molar-refractivity contribution is 9.10. The van der Waals surface area contributed by atoms with Crippen molar-refractivity contribution in [3.8, 4) is 11.5 Å². The van der Waals surface area contributed by atoms with Gasteiger partial charge in [-0.05, 0) is 66.6 Å². The molecule has 2 aromatic carbocycles. The molecule has 0 bridgehead atoms. The van der Waals surface area contributed by atoms with Gasteiger partial charge < -0.3 is 24.0 Å². The van der Waals surface area contributed by atoms with Gasteiger partial charge in [-0.1, -0.05) is 34.1 Å². The number of benzene rings is 2. The third-order valence-corrected chi connectivity index (χ3v) is 7.89. The SMILES string of the molecule is COc1ccc(CCN(Cc2cccs2)C(=O)CN(CC2CCCO2)C(=O)c2cccc(Br)c2)cc1OC. The van der Waals surface area contributed by atoms with Gasteiger partial charge in [0.05, 0.1) is 26.9 Å². The number of ether oxygens (including phenoxy) is 3. The summed E-state index contributed by atoms with van der Waals surface area (Å²) in [5, 5.41) is 2.01. The van der Waals surface area contributed by atoms with Gasteiger partial charge in [0, 0.05) is 34.6 Å². The van der Waals surface area contributed by atoms with Crippen molar-refractivity contribution in [2.75, 3.05) is 40.5 Å². The molecule has 1 atom stereocenters. The summed E-state index contributed by atoms with van der Waals surface area (Å²) in [5.41, 5.74) is 1.58. The van der Waals surface area contributed by atoms with Crippen LogP contribution in [0.3, 0.4) is 0 Å². The van der Waals surface area contributed by atoms with Crippen molar-refractivity contribution in [3.63, 3.8) is 0 Å². The third kappa shape index (κ3) is 7.58. The van der Waals surface area contributed by atoms with Crippen LogP contribution in [-0.4, -0.2) is 68.2 Å². The number of nitrogens with zero attached hydrogens (tertiary/aromatic N) is 2. The number of methoxy groups -OCH3 is 2. The van der Waals surface area contributed by atoms with Crippen molar-refractivity contribution in [2.24, 2.45) is 0 Å². The predicted octanol–water partition coefficient (Wildman–Crippen LogP) is 5.42. The Hall–Kier alpha value is -2.88. The van der Waals surface area contributed by atoms with Crippen molar-refractivity contribution in [2.45, 2.75) is 31.9 Å². The van der Waals surface area contributed by atoms with E-state index in [1.165, 1.54) is 0 Å². The van der Waals surface area contributed by atoms with Gasteiger partial charge in [-0.25, -0.2) is 0 Å². The number of halogens is 1. The second-order valence-corrected chi connectivity index (χ2v) is 11.1. The van der Waals surface area contributed by atoms with E-state index in [-0.39, 0.29) is 24.5 Å². The molecule has 0 saturated carbocycles. The van der Waals surface area contributed by atoms with E-state index in [0.29, 0.717) is 49.7 Å². The molecule has 2 heterocycles. The minimum atomic E-state index is -0.175. The van der Waals surface area contributed by atoms with Crippen LogP contribution in [0.1, 0.15) is 33.6 Å². The molecule has 1 aliphatic rings. The second-order valence-electron chi connectivity index (χ2n) is 9.17. The molecule has 7 nitrogen and oxygen atoms in total. The Bertz CT molecular complexity index is 1210. The van der Waals surface area contributed by atoms with Crippen LogP contribution < -0.4 is 9.47 Å². The quantitative estimate of drug-likeness (QED) is 0.278. The zero-order chi connectivity index (χ0) is 26.9. The summed E-state index contributed by atoms with van der Waals surface area (Å²) in [6.45, 7) is 2.06. The normalized spacial score (nSPS) is 14.8. The van der Waals surface area contributed by atoms with Gasteiger partial charge in [0.15, 0.2) is 11.5 Å². The number of amides is 2. The van der Waals surface area contributed by atoms with E-state index in [1.807, 2.05) is 52.7 Å². The van der Waals surface area contributed by atoms with Crippen molar-refractivity contribution in [1.29, 1.82) is 0 Å². The Morgan fingerprint density at radius 3 is 2.58 bits per heavy atom. The number of rotatable bonds is 12. The molecule has 3 aromatic rings. The Balaban J connectivity index is 1.52. The Morgan fingerprint density at radius 1 is 1.05 bits per heavy atom. The molecule has 1 aliphatic heterocycles. The predicted molar refractivity (Wildman–Crippen MR) is 152 cm³/mol. The number of carbonyl (C=O) groups excluding carboxylic acids is 2. The molecule has 0 aliphatic carbocycles. The third-order valence-electron chi connectivity index (χ3n) is 6.53. The maximum atomic E-state index is 13.7. The van der Waals surface area contributed by atoms with Gasteiger partial charge in [-0.3, -0.25) is 9.59 Å². The maximum absolute atomic E-state index is 13.7. The van der Waals surface area contributed by atoms with E-state index >= 15 is 0 Å². The van der Waals surface area contributed by atoms with E-state index in [0.717, 1.165) is 27.8 Å². The fourth-order valence-corrected chi connectivity index (χ4v) is 5.62. The zero-order valence-electron chi connectivity index (χ0n) is 21.7. The largest absolute Gasteiger partial charge is 0.493 e. The lowest BCUT2D eigenvalue weighted by Gasteiger charge is -2.29. The molecule has 0 radical (unpaired) electrons. The van der Waals surface area contributed by atoms with Crippen LogP contribution >= 0.6 is 27.3 Å². The van der Waals surface area contributed by atoms with Crippen LogP contribution in [0.25, 0.3) is 0 Å². The summed E-state index contributed by atoms with van der Waals surface area (Å²) < 4.78 is 17.4. The molecule has 1 unspecified atom stereocenters. The standard InChI is InChI=1S/C29H33BrN2O5S/c1-35-26-11-10-21(16-27(26)36-2)12-13-31(19-25-9-5-15-38-25)28(33)20-32(18-24-8-4-14-37-24)29(34)22-6-3-7-23(30)17-22/h3,5-7,9-11,15-17,24H,4,8,12-14,18-20H2,1-2H3. The molecule has 38 heavy (non-hydrogen) atoms. The van der Waals surface area contributed by atoms with Crippen molar-refractivity contribution in [1.82, 2.24) is 9.80 Å². The summed E-state index contributed by atoms with van der Waals surface area (Å²) in [7, 11) is 3.22. The molecule has 202 valence electrons. The zero-order valence-corrected chi connectivity index (χ0v) is 24.1. The minimum Gasteiger partial charge on any atom is -0.493 e. The number of carbonyl (C=O) groups is 2. The summed E-state index contributed by atoms with van der Waals surface area (Å²) in [5.74, 6) is 1.05. The van der Waals surface area contributed by atoms with Crippen LogP contribution in [0.2, 0.25) is 0 Å². The fourth-order valence-electron chi connectivity index (χ4n) is 4.50. The van der Waals surface area contributed by atoms with Gasteiger partial charge in [0.2, 0.25) is 5.91 Å². The highest BCUT2D eigenvalue weighted by atomic mass is 79.9. The van der Waals surface area contributed by atoms with Crippen LogP contribution in [0.4, 0.5) is 0 Å². The monoisotopic (exact) mass is 600 g/mol. The lowest BCUT2D eigenvalue weighted by molar-refractivity contribution is -0.132. The lowest BCUT2D eigenvalue weighted by atomic mass is 10.1. The summed E-state index contributed by atoms with van der Waals surface area (Å²) >= 11 is 5.07. The van der Waals surface area contributed by atoms with E-state index < -0.39 is 0 Å². The minimum absolute atomic E-state index is 0.0114. The molecule has 1 fully saturated rings. The van der Waals surface area contributed by atoms with Crippen molar-refractivity contribution < 1.29 is 23.8 Å². The molecule has 9 heteroatoms. The van der Waals surface area contributed by atoms with Crippen molar-refractivity contribution >= 4 is 39.1 Å². The Kier molecular flexibility index (Phi) is 10.2. The topological polar surface area (TPSA) is 68.3 Å². The van der Waals surface area contributed by atoms with Crippen LogP contribution in [0.5, 0.6) is 11.5 Å². The van der Waals surface area contributed by atoms with Gasteiger partial charge in [-0.2, -0.15) is 0 Å². The van der Waals surface area contributed by atoms with Gasteiger partial charge in [0.1, 0.15) is 6.54 Å². The number of hydrogen-bond donors (Lipinski definition) is 0. The van der Waals surface area contributed by atoms with Gasteiger partial charge >= 0.3 is 0 Å². The van der Waals surface area contributed by atoms with Gasteiger partial charge in [0.25, 0.3) is 5.91 Å². The first-order chi connectivity index (χ1) is 18.5. The number of hydrogen-bond acceptors (Lipinski definition) is 6. The van der Waals surface area contributed by atoms with Crippen LogP contribution in [-0.2, 0) is 22.5 Å². The maximum Gasteiger partial charge on any atom is 0.254 e. The lowest BCUT2D eigenvalue weighted by Crippen LogP contribution is -2.45. The molecule has 4 rings (SSSR count). The first-order valence-corrected chi connectivity index (χ1v) is 14.3. The molecule has 1 aromatic heterocycles. The smallest absolute Gasteiger partial charge is 0.254 e. The highest BCUT2D eigenvalue weighted by Crippen LogP contribution is 2.28. The Morgan fingerprint density at radius 2 is 1.89 bits per heavy atom. The summed E-state index contributed by atoms with van der Waals surface area (Å²) in [4.78, 5) is 31.8. The molecular weight excluding hydrogens is 568 g/mol. The molecule has 0 spiro atoms. The van der Waals surface area contributed by atoms with Crippen LogP contribution in [0.15, 0.2) is 64.5 Å². The summed E-state index contributed by atoms with van der Waals surface area (Å²) in [6, 6.07) is 17.1. The average molecular weight is 602 g/mol. The first kappa shape index (κ1) is 28.1. The van der Waals surface area contributed by atoms with E-state index in [1.54, 1.807) is 42.6 Å². The van der Waals surface area contributed by atoms with Crippen molar-refractivity contribution in [3.05, 3.63) is 80.5 Å². The summed E-state index contributed by atoms with van der Waals surface area (Å²) in [6.07, 6.45) is 2.43.